The van der Waals surface area contributed by atoms with Crippen LogP contribution in [0.1, 0.15) is 26.2 Å². The lowest BCUT2D eigenvalue weighted by Crippen LogP contribution is -2.28. The molecule has 7 heteroatoms. The Morgan fingerprint density at radius 2 is 1.95 bits per heavy atom. The maximum Gasteiger partial charge on any atom is 0.244 e. The number of hydrogen-bond donors (Lipinski definition) is 1. The van der Waals surface area contributed by atoms with Gasteiger partial charge in [0.15, 0.2) is 0 Å². The number of nitrogens with zero attached hydrogens (tertiary/aromatic N) is 1. The fourth-order valence-corrected chi connectivity index (χ4v) is 4.79. The van der Waals surface area contributed by atoms with Crippen LogP contribution < -0.4 is 5.32 Å². The van der Waals surface area contributed by atoms with Gasteiger partial charge < -0.3 is 5.32 Å². The number of amides is 1. The van der Waals surface area contributed by atoms with Crippen molar-refractivity contribution in [2.75, 3.05) is 18.4 Å². The molecule has 120 valence electrons. The number of benzene rings is 1. The van der Waals surface area contributed by atoms with Gasteiger partial charge >= 0.3 is 0 Å². The van der Waals surface area contributed by atoms with Gasteiger partial charge in [0.25, 0.3) is 0 Å². The Morgan fingerprint density at radius 1 is 1.32 bits per heavy atom. The highest BCUT2D eigenvalue weighted by Gasteiger charge is 2.39. The van der Waals surface area contributed by atoms with Crippen molar-refractivity contribution in [3.63, 3.8) is 0 Å². The molecule has 3 rings (SSSR count). The quantitative estimate of drug-likeness (QED) is 0.914. The molecule has 0 radical (unpaired) electrons. The summed E-state index contributed by atoms with van der Waals surface area (Å²) in [7, 11) is -3.59. The van der Waals surface area contributed by atoms with Crippen LogP contribution in [-0.2, 0) is 14.8 Å². The van der Waals surface area contributed by atoms with Crippen LogP contribution in [0.5, 0.6) is 0 Å². The van der Waals surface area contributed by atoms with Gasteiger partial charge in [-0.2, -0.15) is 4.31 Å². The first kappa shape index (κ1) is 15.8. The Hall–Kier alpha value is -1.11. The van der Waals surface area contributed by atoms with Crippen LogP contribution in [0.3, 0.4) is 0 Å². The summed E-state index contributed by atoms with van der Waals surface area (Å²) in [5.41, 5.74) is 0.478. The first-order chi connectivity index (χ1) is 10.4. The normalized spacial score (nSPS) is 25.2. The second kappa shape index (κ2) is 5.83. The highest BCUT2D eigenvalue weighted by Crippen LogP contribution is 2.39. The Labute approximate surface area is 135 Å². The van der Waals surface area contributed by atoms with Gasteiger partial charge in [-0.3, -0.25) is 4.79 Å². The van der Waals surface area contributed by atoms with E-state index in [-0.39, 0.29) is 21.7 Å². The molecule has 1 aromatic rings. The molecule has 0 spiro atoms. The zero-order valence-corrected chi connectivity index (χ0v) is 14.0. The molecule has 2 fully saturated rings. The van der Waals surface area contributed by atoms with E-state index in [2.05, 4.69) is 5.32 Å². The number of carbonyl (C=O) groups excluding carboxylic acids is 1. The summed E-state index contributed by atoms with van der Waals surface area (Å²) in [5, 5.41) is 2.97. The van der Waals surface area contributed by atoms with Crippen molar-refractivity contribution in [3.05, 3.63) is 23.2 Å². The molecule has 1 heterocycles. The minimum Gasteiger partial charge on any atom is -0.326 e. The minimum atomic E-state index is -3.59. The fourth-order valence-electron chi connectivity index (χ4n) is 2.77. The molecular formula is C15H19ClN2O3S. The van der Waals surface area contributed by atoms with Gasteiger partial charge in [0.05, 0.1) is 5.02 Å². The van der Waals surface area contributed by atoms with Crippen LogP contribution in [0.4, 0.5) is 5.69 Å². The first-order valence-corrected chi connectivity index (χ1v) is 9.32. The number of nitrogens with one attached hydrogen (secondary N) is 1. The zero-order valence-electron chi connectivity index (χ0n) is 12.4. The van der Waals surface area contributed by atoms with E-state index in [1.54, 1.807) is 6.07 Å². The van der Waals surface area contributed by atoms with Crippen LogP contribution in [-0.4, -0.2) is 31.7 Å². The third-order valence-corrected chi connectivity index (χ3v) is 6.71. The zero-order chi connectivity index (χ0) is 15.9. The summed E-state index contributed by atoms with van der Waals surface area (Å²) in [5.74, 6) is 0.383. The summed E-state index contributed by atoms with van der Waals surface area (Å²) in [4.78, 5) is 12.1. The second-order valence-electron chi connectivity index (χ2n) is 6.07. The van der Waals surface area contributed by atoms with Crippen molar-refractivity contribution in [1.82, 2.24) is 4.31 Å². The standard InChI is InChI=1S/C15H19ClN2O3S/c1-10-8-12(10)15(19)17-11-4-5-13(16)14(9-11)22(20,21)18-6-2-3-7-18/h4-5,9-10,12H,2-3,6-8H2,1H3,(H,17,19). The molecule has 1 aromatic carbocycles. The summed E-state index contributed by atoms with van der Waals surface area (Å²) in [6.07, 6.45) is 2.62. The van der Waals surface area contributed by atoms with Gasteiger partial charge in [-0.25, -0.2) is 8.42 Å². The van der Waals surface area contributed by atoms with E-state index in [1.165, 1.54) is 16.4 Å². The van der Waals surface area contributed by atoms with Gasteiger partial charge in [-0.15, -0.1) is 0 Å². The maximum atomic E-state index is 12.6. The van der Waals surface area contributed by atoms with E-state index < -0.39 is 10.0 Å². The molecule has 5 nitrogen and oxygen atoms in total. The van der Waals surface area contributed by atoms with Gasteiger partial charge in [0.1, 0.15) is 4.90 Å². The molecular weight excluding hydrogens is 324 g/mol. The monoisotopic (exact) mass is 342 g/mol. The van der Waals surface area contributed by atoms with Crippen molar-refractivity contribution in [1.29, 1.82) is 0 Å². The highest BCUT2D eigenvalue weighted by molar-refractivity contribution is 7.89. The number of hydrogen-bond acceptors (Lipinski definition) is 3. The average Bonchev–Trinajstić information content (AvgIpc) is 2.98. The lowest BCUT2D eigenvalue weighted by atomic mass is 10.3. The minimum absolute atomic E-state index is 0.0364. The third-order valence-electron chi connectivity index (χ3n) is 4.33. The molecule has 2 aliphatic rings. The second-order valence-corrected chi connectivity index (χ2v) is 8.38. The average molecular weight is 343 g/mol. The van der Waals surface area contributed by atoms with Gasteiger partial charge in [-0.1, -0.05) is 18.5 Å². The molecule has 2 atom stereocenters. The van der Waals surface area contributed by atoms with Crippen molar-refractivity contribution < 1.29 is 13.2 Å². The van der Waals surface area contributed by atoms with Crippen LogP contribution in [0.2, 0.25) is 5.02 Å². The molecule has 2 unspecified atom stereocenters. The molecule has 1 saturated carbocycles. The predicted molar refractivity (Wildman–Crippen MR) is 85.3 cm³/mol. The van der Waals surface area contributed by atoms with Gasteiger partial charge in [-0.05, 0) is 43.4 Å². The summed E-state index contributed by atoms with van der Waals surface area (Å²) < 4.78 is 26.7. The molecule has 0 aromatic heterocycles. The number of rotatable bonds is 4. The largest absolute Gasteiger partial charge is 0.326 e. The molecule has 0 bridgehead atoms. The van der Waals surface area contributed by atoms with Crippen LogP contribution in [0.25, 0.3) is 0 Å². The molecule has 22 heavy (non-hydrogen) atoms. The first-order valence-electron chi connectivity index (χ1n) is 7.50. The number of halogens is 1. The third kappa shape index (κ3) is 3.00. The summed E-state index contributed by atoms with van der Waals surface area (Å²) in [6, 6.07) is 4.62. The molecule has 1 amide bonds. The Kier molecular flexibility index (Phi) is 4.18. The number of sulfonamides is 1. The van der Waals surface area contributed by atoms with E-state index in [1.807, 2.05) is 6.92 Å². The van der Waals surface area contributed by atoms with Crippen molar-refractivity contribution >= 4 is 33.2 Å². The highest BCUT2D eigenvalue weighted by atomic mass is 35.5. The summed E-state index contributed by atoms with van der Waals surface area (Å²) >= 11 is 6.08. The Morgan fingerprint density at radius 3 is 2.55 bits per heavy atom. The van der Waals surface area contributed by atoms with Crippen LogP contribution >= 0.6 is 11.6 Å². The lowest BCUT2D eigenvalue weighted by molar-refractivity contribution is -0.117. The maximum absolute atomic E-state index is 12.6. The Bertz CT molecular complexity index is 699. The summed E-state index contributed by atoms with van der Waals surface area (Å²) in [6.45, 7) is 3.07. The molecule has 1 N–H and O–H groups in total. The van der Waals surface area contributed by atoms with E-state index >= 15 is 0 Å². The van der Waals surface area contributed by atoms with Crippen molar-refractivity contribution in [2.24, 2.45) is 11.8 Å². The predicted octanol–water partition coefficient (Wildman–Crippen LogP) is 2.72. The van der Waals surface area contributed by atoms with Crippen molar-refractivity contribution in [3.8, 4) is 0 Å². The molecule has 1 saturated heterocycles. The van der Waals surface area contributed by atoms with E-state index in [0.29, 0.717) is 24.7 Å². The SMILES string of the molecule is CC1CC1C(=O)Nc1ccc(Cl)c(S(=O)(=O)N2CCCC2)c1. The van der Waals surface area contributed by atoms with Crippen LogP contribution in [0, 0.1) is 11.8 Å². The molecule has 1 aliphatic heterocycles. The fraction of sp³-hybridized carbons (Fsp3) is 0.533. The van der Waals surface area contributed by atoms with Crippen LogP contribution in [0.15, 0.2) is 23.1 Å². The Balaban J connectivity index is 1.85. The number of anilines is 1. The van der Waals surface area contributed by atoms with E-state index in [9.17, 15) is 13.2 Å². The van der Waals surface area contributed by atoms with Gasteiger partial charge in [0.2, 0.25) is 15.9 Å². The van der Waals surface area contributed by atoms with Crippen molar-refractivity contribution in [2.45, 2.75) is 31.1 Å². The van der Waals surface area contributed by atoms with E-state index in [4.69, 9.17) is 11.6 Å². The number of carbonyl (C=O) groups is 1. The topological polar surface area (TPSA) is 66.5 Å². The van der Waals surface area contributed by atoms with E-state index in [0.717, 1.165) is 19.3 Å². The van der Waals surface area contributed by atoms with Gasteiger partial charge in [0, 0.05) is 24.7 Å². The smallest absolute Gasteiger partial charge is 0.244 e. The lowest BCUT2D eigenvalue weighted by Gasteiger charge is -2.17. The molecule has 1 aliphatic carbocycles.